The number of rotatable bonds is 3. The Bertz CT molecular complexity index is 2600. The van der Waals surface area contributed by atoms with E-state index in [1.807, 2.05) is 0 Å². The minimum absolute atomic E-state index is 0.0109. The first-order chi connectivity index (χ1) is 25.3. The highest BCUT2D eigenvalue weighted by atomic mass is 16.5. The monoisotopic (exact) mass is 669 g/mol. The lowest BCUT2D eigenvalue weighted by Gasteiger charge is -2.35. The zero-order valence-corrected chi connectivity index (χ0v) is 29.7. The van der Waals surface area contributed by atoms with Crippen molar-refractivity contribution in [2.75, 3.05) is 4.90 Å². The standard InChI is InChI=1S/C48H36BNO2/c1-47(2)35-19-12-11-18-32(35)34-27-40-43(28-38(34)47)51-41-20-13-21-42-45(41)49(40)39-25-24-36-44(46(39)52-42)33-23-22-31(26-37(33)48(36,3)4)50(29-14-7-5-8-15-29)30-16-9-6-10-17-30/h5-28H,1-4H3. The van der Waals surface area contributed by atoms with E-state index in [-0.39, 0.29) is 17.5 Å². The third-order valence-corrected chi connectivity index (χ3v) is 12.2. The van der Waals surface area contributed by atoms with Crippen LogP contribution in [0.15, 0.2) is 146 Å². The van der Waals surface area contributed by atoms with E-state index in [4.69, 9.17) is 9.47 Å². The summed E-state index contributed by atoms with van der Waals surface area (Å²) in [5.41, 5.74) is 16.9. The fourth-order valence-corrected chi connectivity index (χ4v) is 9.63. The second-order valence-electron chi connectivity index (χ2n) is 15.7. The van der Waals surface area contributed by atoms with Crippen LogP contribution in [0.2, 0.25) is 0 Å². The van der Waals surface area contributed by atoms with Crippen LogP contribution in [-0.2, 0) is 10.8 Å². The van der Waals surface area contributed by atoms with Crippen molar-refractivity contribution in [2.24, 2.45) is 0 Å². The lowest BCUT2D eigenvalue weighted by Crippen LogP contribution is -2.57. The Hall–Kier alpha value is -6.00. The van der Waals surface area contributed by atoms with E-state index in [9.17, 15) is 0 Å². The molecule has 0 saturated carbocycles. The smallest absolute Gasteiger partial charge is 0.260 e. The predicted molar refractivity (Wildman–Crippen MR) is 214 cm³/mol. The summed E-state index contributed by atoms with van der Waals surface area (Å²) in [5.74, 6) is 3.65. The van der Waals surface area contributed by atoms with Crippen molar-refractivity contribution in [3.63, 3.8) is 0 Å². The molecule has 7 aromatic carbocycles. The number of anilines is 3. The summed E-state index contributed by atoms with van der Waals surface area (Å²) >= 11 is 0. The molecule has 0 N–H and O–H groups in total. The molecule has 0 radical (unpaired) electrons. The highest BCUT2D eigenvalue weighted by Crippen LogP contribution is 2.55. The number of hydrogen-bond acceptors (Lipinski definition) is 3. The zero-order valence-electron chi connectivity index (χ0n) is 29.7. The number of ether oxygens (including phenoxy) is 2. The van der Waals surface area contributed by atoms with Crippen LogP contribution in [0.3, 0.4) is 0 Å². The van der Waals surface area contributed by atoms with Gasteiger partial charge in [0.2, 0.25) is 0 Å². The van der Waals surface area contributed by atoms with Crippen LogP contribution in [-0.4, -0.2) is 6.71 Å². The molecule has 2 heterocycles. The number of fused-ring (bicyclic) bond motifs is 11. The minimum atomic E-state index is -0.232. The van der Waals surface area contributed by atoms with Gasteiger partial charge in [0, 0.05) is 38.9 Å². The van der Waals surface area contributed by atoms with Gasteiger partial charge in [0.15, 0.2) is 0 Å². The molecular weight excluding hydrogens is 633 g/mol. The van der Waals surface area contributed by atoms with E-state index in [0.717, 1.165) is 45.5 Å². The summed E-state index contributed by atoms with van der Waals surface area (Å²) < 4.78 is 13.8. The van der Waals surface area contributed by atoms with Crippen LogP contribution in [0.25, 0.3) is 22.3 Å². The molecule has 0 fully saturated rings. The molecule has 52 heavy (non-hydrogen) atoms. The molecule has 0 saturated heterocycles. The Kier molecular flexibility index (Phi) is 5.88. The quantitative estimate of drug-likeness (QED) is 0.175. The van der Waals surface area contributed by atoms with Crippen molar-refractivity contribution in [2.45, 2.75) is 38.5 Å². The van der Waals surface area contributed by atoms with Gasteiger partial charge in [0.1, 0.15) is 23.0 Å². The highest BCUT2D eigenvalue weighted by Gasteiger charge is 2.46. The molecule has 11 rings (SSSR count). The molecular formula is C48H36BNO2. The molecule has 0 spiro atoms. The Labute approximate surface area is 305 Å². The number of hydrogen-bond donors (Lipinski definition) is 0. The first-order valence-corrected chi connectivity index (χ1v) is 18.3. The predicted octanol–water partition coefficient (Wildman–Crippen LogP) is 10.5. The van der Waals surface area contributed by atoms with Gasteiger partial charge in [0.05, 0.1) is 0 Å². The second kappa shape index (κ2) is 10.3. The molecule has 2 aliphatic carbocycles. The van der Waals surface area contributed by atoms with Crippen LogP contribution >= 0.6 is 0 Å². The SMILES string of the molecule is CC1(C)c2ccccc2-c2cc3c(cc21)Oc1cccc2c1B3c1ccc3c(c1O2)-c1ccc(N(c2ccccc2)c2ccccc2)cc1C3(C)C. The van der Waals surface area contributed by atoms with Crippen LogP contribution in [0.5, 0.6) is 23.0 Å². The van der Waals surface area contributed by atoms with E-state index in [2.05, 4.69) is 178 Å². The summed E-state index contributed by atoms with van der Waals surface area (Å²) in [6.45, 7) is 9.35. The van der Waals surface area contributed by atoms with E-state index >= 15 is 0 Å². The fourth-order valence-electron chi connectivity index (χ4n) is 9.63. The fraction of sp³-hybridized carbons (Fsp3) is 0.125. The Morgan fingerprint density at radius 2 is 1.10 bits per heavy atom. The van der Waals surface area contributed by atoms with Gasteiger partial charge in [-0.2, -0.15) is 0 Å². The van der Waals surface area contributed by atoms with Gasteiger partial charge < -0.3 is 14.4 Å². The molecule has 7 aromatic rings. The van der Waals surface area contributed by atoms with Crippen molar-refractivity contribution in [3.05, 3.63) is 168 Å². The van der Waals surface area contributed by atoms with E-state index in [1.54, 1.807) is 0 Å². The first-order valence-electron chi connectivity index (χ1n) is 18.3. The molecule has 3 nitrogen and oxygen atoms in total. The molecule has 4 aliphatic rings. The third-order valence-electron chi connectivity index (χ3n) is 12.2. The van der Waals surface area contributed by atoms with Crippen LogP contribution in [0.4, 0.5) is 17.1 Å². The third kappa shape index (κ3) is 3.87. The molecule has 0 aromatic heterocycles. The second-order valence-corrected chi connectivity index (χ2v) is 15.7. The van der Waals surface area contributed by atoms with Gasteiger partial charge in [-0.05, 0) is 104 Å². The summed E-state index contributed by atoms with van der Waals surface area (Å²) in [7, 11) is 0. The lowest BCUT2D eigenvalue weighted by atomic mass is 9.34. The van der Waals surface area contributed by atoms with Crippen molar-refractivity contribution in [3.8, 4) is 45.3 Å². The van der Waals surface area contributed by atoms with Crippen molar-refractivity contribution in [1.82, 2.24) is 0 Å². The van der Waals surface area contributed by atoms with E-state index < -0.39 is 0 Å². The molecule has 2 aliphatic heterocycles. The molecule has 0 bridgehead atoms. The van der Waals surface area contributed by atoms with Gasteiger partial charge in [-0.1, -0.05) is 119 Å². The number of nitrogens with zero attached hydrogens (tertiary/aromatic N) is 1. The summed E-state index contributed by atoms with van der Waals surface area (Å²) in [6.07, 6.45) is 0. The Morgan fingerprint density at radius 3 is 1.85 bits per heavy atom. The highest BCUT2D eigenvalue weighted by molar-refractivity contribution is 6.98. The number of benzene rings is 7. The maximum atomic E-state index is 7.04. The summed E-state index contributed by atoms with van der Waals surface area (Å²) in [5, 5.41) is 0. The molecule has 4 heteroatoms. The maximum Gasteiger partial charge on any atom is 0.260 e. The van der Waals surface area contributed by atoms with E-state index in [0.29, 0.717) is 0 Å². The van der Waals surface area contributed by atoms with Crippen LogP contribution in [0.1, 0.15) is 49.9 Å². The van der Waals surface area contributed by atoms with Gasteiger partial charge in [-0.15, -0.1) is 0 Å². The average Bonchev–Trinajstić information content (AvgIpc) is 3.54. The minimum Gasteiger partial charge on any atom is -0.458 e. The topological polar surface area (TPSA) is 21.7 Å². The van der Waals surface area contributed by atoms with Gasteiger partial charge >= 0.3 is 0 Å². The molecule has 0 unspecified atom stereocenters. The van der Waals surface area contributed by atoms with Crippen molar-refractivity contribution in [1.29, 1.82) is 0 Å². The zero-order chi connectivity index (χ0) is 34.9. The van der Waals surface area contributed by atoms with Crippen LogP contribution in [0, 0.1) is 0 Å². The van der Waals surface area contributed by atoms with Gasteiger partial charge in [-0.3, -0.25) is 0 Å². The maximum absolute atomic E-state index is 7.04. The van der Waals surface area contributed by atoms with Crippen molar-refractivity contribution >= 4 is 40.2 Å². The molecule has 0 amide bonds. The largest absolute Gasteiger partial charge is 0.458 e. The molecule has 0 atom stereocenters. The average molecular weight is 670 g/mol. The normalized spacial score (nSPS) is 15.5. The summed E-state index contributed by atoms with van der Waals surface area (Å²) in [6, 6.07) is 52.8. The van der Waals surface area contributed by atoms with Gasteiger partial charge in [0.25, 0.3) is 6.71 Å². The Morgan fingerprint density at radius 1 is 0.442 bits per heavy atom. The van der Waals surface area contributed by atoms with Crippen molar-refractivity contribution < 1.29 is 9.47 Å². The summed E-state index contributed by atoms with van der Waals surface area (Å²) in [4.78, 5) is 2.35. The Balaban J connectivity index is 1.11. The number of para-hydroxylation sites is 2. The van der Waals surface area contributed by atoms with Gasteiger partial charge in [-0.25, -0.2) is 0 Å². The van der Waals surface area contributed by atoms with E-state index in [1.165, 1.54) is 55.4 Å². The molecule has 248 valence electrons. The first kappa shape index (κ1) is 29.7. The van der Waals surface area contributed by atoms with Crippen LogP contribution < -0.4 is 30.8 Å². The lowest BCUT2D eigenvalue weighted by molar-refractivity contribution is 0.464.